The van der Waals surface area contributed by atoms with Crippen LogP contribution in [0.4, 0.5) is 10.1 Å². The van der Waals surface area contributed by atoms with E-state index in [0.717, 1.165) is 26.1 Å². The van der Waals surface area contributed by atoms with Crippen molar-refractivity contribution in [1.29, 1.82) is 0 Å². The number of nitrogens with one attached hydrogen (secondary N) is 1. The summed E-state index contributed by atoms with van der Waals surface area (Å²) in [6, 6.07) is 4.87. The molecular weight excluding hydrogens is 273 g/mol. The van der Waals surface area contributed by atoms with Gasteiger partial charge in [-0.15, -0.1) is 0 Å². The van der Waals surface area contributed by atoms with Gasteiger partial charge in [-0.25, -0.2) is 0 Å². The summed E-state index contributed by atoms with van der Waals surface area (Å²) in [5.74, 6) is 0.556. The number of fused-ring (bicyclic) bond motifs is 1. The van der Waals surface area contributed by atoms with E-state index < -0.39 is 16.4 Å². The first kappa shape index (κ1) is 14.4. The molecule has 1 aromatic rings. The standard InChI is InChI=1S/C15H20FN3O2/c1-2-13-12-7-17-6-11(12)9-18(13)8-10-4-3-5-14(15(10)16)19(20)21/h3-5,11-13,17H,2,6-9H2,1H3. The van der Waals surface area contributed by atoms with Gasteiger partial charge in [-0.3, -0.25) is 15.0 Å². The molecule has 2 aliphatic rings. The summed E-state index contributed by atoms with van der Waals surface area (Å²) in [7, 11) is 0. The number of likely N-dealkylation sites (tertiary alicyclic amines) is 1. The lowest BCUT2D eigenvalue weighted by Gasteiger charge is -2.26. The topological polar surface area (TPSA) is 58.4 Å². The van der Waals surface area contributed by atoms with Crippen LogP contribution in [0, 0.1) is 27.8 Å². The molecule has 0 amide bonds. The number of nitrogens with zero attached hydrogens (tertiary/aromatic N) is 2. The smallest absolute Gasteiger partial charge is 0.305 e. The van der Waals surface area contributed by atoms with E-state index in [1.807, 2.05) is 0 Å². The number of hydrogen-bond donors (Lipinski definition) is 1. The number of nitro benzene ring substituents is 1. The molecule has 0 aliphatic carbocycles. The van der Waals surface area contributed by atoms with Crippen LogP contribution in [0.2, 0.25) is 0 Å². The summed E-state index contributed by atoms with van der Waals surface area (Å²) >= 11 is 0. The Bertz CT molecular complexity index is 552. The van der Waals surface area contributed by atoms with Crippen molar-refractivity contribution in [1.82, 2.24) is 10.2 Å². The highest BCUT2D eigenvalue weighted by molar-refractivity contribution is 5.36. The van der Waals surface area contributed by atoms with Crippen molar-refractivity contribution in [2.75, 3.05) is 19.6 Å². The van der Waals surface area contributed by atoms with Crippen LogP contribution in [0.1, 0.15) is 18.9 Å². The van der Waals surface area contributed by atoms with E-state index in [-0.39, 0.29) is 0 Å². The number of hydrogen-bond acceptors (Lipinski definition) is 4. The van der Waals surface area contributed by atoms with Gasteiger partial charge in [0.05, 0.1) is 4.92 Å². The highest BCUT2D eigenvalue weighted by Crippen LogP contribution is 2.35. The fourth-order valence-electron chi connectivity index (χ4n) is 3.90. The Hall–Kier alpha value is -1.53. The third kappa shape index (κ3) is 2.53. The van der Waals surface area contributed by atoms with Crippen LogP contribution in [0.25, 0.3) is 0 Å². The Kier molecular flexibility index (Phi) is 3.91. The minimum Gasteiger partial charge on any atom is -0.316 e. The number of rotatable bonds is 4. The Morgan fingerprint density at radius 2 is 2.29 bits per heavy atom. The van der Waals surface area contributed by atoms with Crippen molar-refractivity contribution in [3.8, 4) is 0 Å². The van der Waals surface area contributed by atoms with Crippen LogP contribution >= 0.6 is 0 Å². The summed E-state index contributed by atoms with van der Waals surface area (Å²) in [6.07, 6.45) is 1.03. The lowest BCUT2D eigenvalue weighted by Crippen LogP contribution is -2.34. The van der Waals surface area contributed by atoms with E-state index >= 15 is 0 Å². The molecule has 0 spiro atoms. The van der Waals surface area contributed by atoms with E-state index in [0.29, 0.717) is 30.0 Å². The fraction of sp³-hybridized carbons (Fsp3) is 0.600. The molecule has 0 aromatic heterocycles. The lowest BCUT2D eigenvalue weighted by molar-refractivity contribution is -0.387. The maximum atomic E-state index is 14.2. The average Bonchev–Trinajstić information content (AvgIpc) is 3.01. The van der Waals surface area contributed by atoms with Crippen LogP contribution in [-0.4, -0.2) is 35.5 Å². The van der Waals surface area contributed by atoms with Gasteiger partial charge in [0.2, 0.25) is 5.82 Å². The van der Waals surface area contributed by atoms with Crippen LogP contribution in [0.3, 0.4) is 0 Å². The molecule has 114 valence electrons. The van der Waals surface area contributed by atoms with Crippen molar-refractivity contribution >= 4 is 5.69 Å². The van der Waals surface area contributed by atoms with E-state index in [9.17, 15) is 14.5 Å². The predicted octanol–water partition coefficient (Wildman–Crippen LogP) is 2.16. The van der Waals surface area contributed by atoms with E-state index in [4.69, 9.17) is 0 Å². The van der Waals surface area contributed by atoms with Crippen molar-refractivity contribution < 1.29 is 9.31 Å². The molecule has 2 saturated heterocycles. The van der Waals surface area contributed by atoms with Gasteiger partial charge in [-0.1, -0.05) is 19.1 Å². The van der Waals surface area contributed by atoms with Crippen LogP contribution < -0.4 is 5.32 Å². The van der Waals surface area contributed by atoms with E-state index in [1.54, 1.807) is 12.1 Å². The average molecular weight is 293 g/mol. The second-order valence-corrected chi connectivity index (χ2v) is 5.99. The summed E-state index contributed by atoms with van der Waals surface area (Å²) in [6.45, 7) is 5.60. The predicted molar refractivity (Wildman–Crippen MR) is 77.4 cm³/mol. The van der Waals surface area contributed by atoms with E-state index in [1.165, 1.54) is 6.07 Å². The largest absolute Gasteiger partial charge is 0.316 e. The minimum absolute atomic E-state index is 0.426. The molecule has 5 nitrogen and oxygen atoms in total. The van der Waals surface area contributed by atoms with E-state index in [2.05, 4.69) is 17.1 Å². The van der Waals surface area contributed by atoms with Gasteiger partial charge < -0.3 is 5.32 Å². The molecule has 3 unspecified atom stereocenters. The highest BCUT2D eigenvalue weighted by atomic mass is 19.1. The number of benzene rings is 1. The third-order valence-electron chi connectivity index (χ3n) is 4.87. The molecule has 2 aliphatic heterocycles. The Morgan fingerprint density at radius 3 is 3.00 bits per heavy atom. The molecule has 2 heterocycles. The second kappa shape index (κ2) is 5.69. The molecule has 0 radical (unpaired) electrons. The van der Waals surface area contributed by atoms with Crippen LogP contribution in [0.5, 0.6) is 0 Å². The number of nitro groups is 1. The van der Waals surface area contributed by atoms with Crippen LogP contribution in [-0.2, 0) is 6.54 Å². The first-order valence-corrected chi connectivity index (χ1v) is 7.48. The molecule has 6 heteroatoms. The summed E-state index contributed by atoms with van der Waals surface area (Å²) in [5.41, 5.74) is -0.00260. The summed E-state index contributed by atoms with van der Waals surface area (Å²) in [5, 5.41) is 14.3. The molecule has 3 atom stereocenters. The molecule has 1 aromatic carbocycles. The van der Waals surface area contributed by atoms with Gasteiger partial charge in [0.25, 0.3) is 0 Å². The second-order valence-electron chi connectivity index (χ2n) is 5.99. The van der Waals surface area contributed by atoms with Gasteiger partial charge in [-0.2, -0.15) is 4.39 Å². The van der Waals surface area contributed by atoms with Gasteiger partial charge >= 0.3 is 5.69 Å². The third-order valence-corrected chi connectivity index (χ3v) is 4.87. The maximum absolute atomic E-state index is 14.2. The van der Waals surface area contributed by atoms with Crippen molar-refractivity contribution in [3.05, 3.63) is 39.7 Å². The molecule has 0 saturated carbocycles. The van der Waals surface area contributed by atoms with Crippen molar-refractivity contribution in [3.63, 3.8) is 0 Å². The number of halogens is 1. The van der Waals surface area contributed by atoms with Crippen molar-refractivity contribution in [2.24, 2.45) is 11.8 Å². The molecule has 2 fully saturated rings. The Balaban J connectivity index is 1.81. The molecule has 1 N–H and O–H groups in total. The van der Waals surface area contributed by atoms with Gasteiger partial charge in [0.15, 0.2) is 0 Å². The molecular formula is C15H20FN3O2. The minimum atomic E-state index is -0.687. The fourth-order valence-corrected chi connectivity index (χ4v) is 3.90. The van der Waals surface area contributed by atoms with Crippen molar-refractivity contribution in [2.45, 2.75) is 25.9 Å². The molecule has 0 bridgehead atoms. The zero-order valence-electron chi connectivity index (χ0n) is 12.1. The van der Waals surface area contributed by atoms with Crippen LogP contribution in [0.15, 0.2) is 18.2 Å². The first-order chi connectivity index (χ1) is 10.1. The summed E-state index contributed by atoms with van der Waals surface area (Å²) < 4.78 is 14.2. The normalized spacial score (nSPS) is 28.8. The maximum Gasteiger partial charge on any atom is 0.305 e. The monoisotopic (exact) mass is 293 g/mol. The van der Waals surface area contributed by atoms with Gasteiger partial charge in [-0.05, 0) is 31.3 Å². The zero-order chi connectivity index (χ0) is 15.0. The SMILES string of the molecule is CCC1C2CNCC2CN1Cc1cccc([N+](=O)[O-])c1F. The highest BCUT2D eigenvalue weighted by Gasteiger charge is 2.43. The summed E-state index contributed by atoms with van der Waals surface area (Å²) in [4.78, 5) is 12.5. The zero-order valence-corrected chi connectivity index (χ0v) is 12.1. The Labute approximate surface area is 123 Å². The molecule has 3 rings (SSSR count). The molecule has 21 heavy (non-hydrogen) atoms. The Morgan fingerprint density at radius 1 is 1.48 bits per heavy atom. The quantitative estimate of drug-likeness (QED) is 0.683. The first-order valence-electron chi connectivity index (χ1n) is 7.48. The van der Waals surface area contributed by atoms with Gasteiger partial charge in [0.1, 0.15) is 0 Å². The van der Waals surface area contributed by atoms with Gasteiger partial charge in [0, 0.05) is 30.8 Å². The lowest BCUT2D eigenvalue weighted by atomic mass is 9.93.